The molecule has 10 nitrogen and oxygen atoms in total. The average molecular weight is 571 g/mol. The van der Waals surface area contributed by atoms with Crippen molar-refractivity contribution in [2.75, 3.05) is 30.4 Å². The molecule has 218 valence electrons. The number of nitrogens with zero attached hydrogens (tertiary/aromatic N) is 1. The lowest BCUT2D eigenvalue weighted by Crippen LogP contribution is -2.48. The summed E-state index contributed by atoms with van der Waals surface area (Å²) in [6, 6.07) is 20.9. The summed E-state index contributed by atoms with van der Waals surface area (Å²) in [6.07, 6.45) is 0.685. The number of hydrogen-bond donors (Lipinski definition) is 3. The van der Waals surface area contributed by atoms with Crippen LogP contribution in [0.3, 0.4) is 0 Å². The van der Waals surface area contributed by atoms with E-state index in [0.29, 0.717) is 46.7 Å². The lowest BCUT2D eigenvalue weighted by molar-refractivity contribution is -0.138. The van der Waals surface area contributed by atoms with Crippen LogP contribution in [0.15, 0.2) is 84.4 Å². The van der Waals surface area contributed by atoms with E-state index in [0.717, 1.165) is 5.56 Å². The zero-order valence-corrected chi connectivity index (χ0v) is 23.8. The molecular weight excluding hydrogens is 536 g/mol. The minimum Gasteiger partial charge on any atom is -0.463 e. The van der Waals surface area contributed by atoms with Crippen LogP contribution in [-0.4, -0.2) is 48.7 Å². The van der Waals surface area contributed by atoms with Gasteiger partial charge in [0.05, 0.1) is 36.1 Å². The van der Waals surface area contributed by atoms with Gasteiger partial charge in [-0.1, -0.05) is 49.4 Å². The van der Waals surface area contributed by atoms with Gasteiger partial charge in [-0.25, -0.2) is 19.2 Å². The predicted molar refractivity (Wildman–Crippen MR) is 160 cm³/mol. The van der Waals surface area contributed by atoms with Crippen LogP contribution in [0.1, 0.15) is 54.7 Å². The first-order valence-electron chi connectivity index (χ1n) is 13.9. The van der Waals surface area contributed by atoms with E-state index in [1.807, 2.05) is 37.3 Å². The molecule has 0 spiro atoms. The zero-order chi connectivity index (χ0) is 30.1. The van der Waals surface area contributed by atoms with Gasteiger partial charge < -0.3 is 25.4 Å². The van der Waals surface area contributed by atoms with Crippen molar-refractivity contribution in [2.45, 2.75) is 33.2 Å². The van der Waals surface area contributed by atoms with Gasteiger partial charge in [0.15, 0.2) is 0 Å². The third-order valence-corrected chi connectivity index (χ3v) is 6.45. The number of benzene rings is 3. The minimum atomic E-state index is -0.819. The highest BCUT2D eigenvalue weighted by Gasteiger charge is 2.38. The van der Waals surface area contributed by atoms with E-state index in [-0.39, 0.29) is 19.2 Å². The van der Waals surface area contributed by atoms with Gasteiger partial charge in [-0.05, 0) is 67.8 Å². The third-order valence-electron chi connectivity index (χ3n) is 6.45. The maximum absolute atomic E-state index is 13.4. The molecule has 0 bridgehead atoms. The van der Waals surface area contributed by atoms with E-state index < -0.39 is 24.0 Å². The van der Waals surface area contributed by atoms with Gasteiger partial charge >= 0.3 is 24.0 Å². The monoisotopic (exact) mass is 570 g/mol. The second-order valence-electron chi connectivity index (χ2n) is 9.39. The molecule has 1 aliphatic rings. The van der Waals surface area contributed by atoms with Crippen LogP contribution in [0.2, 0.25) is 0 Å². The summed E-state index contributed by atoms with van der Waals surface area (Å²) in [6.45, 7) is 6.27. The summed E-state index contributed by atoms with van der Waals surface area (Å²) in [4.78, 5) is 53.0. The Bertz CT molecular complexity index is 1470. The first kappa shape index (κ1) is 29.9. The van der Waals surface area contributed by atoms with Crippen LogP contribution in [0.25, 0.3) is 5.70 Å². The fourth-order valence-electron chi connectivity index (χ4n) is 4.67. The number of anilines is 2. The first-order valence-corrected chi connectivity index (χ1v) is 13.9. The van der Waals surface area contributed by atoms with Crippen LogP contribution in [0.5, 0.6) is 0 Å². The highest BCUT2D eigenvalue weighted by Crippen LogP contribution is 2.37. The molecule has 1 atom stereocenters. The molecule has 1 unspecified atom stereocenters. The minimum absolute atomic E-state index is 0.168. The number of carbonyl (C=O) groups excluding carboxylic acids is 4. The average Bonchev–Trinajstić information content (AvgIpc) is 2.99. The molecule has 0 radical (unpaired) electrons. The molecule has 3 aromatic carbocycles. The van der Waals surface area contributed by atoms with Gasteiger partial charge in [0, 0.05) is 17.9 Å². The largest absolute Gasteiger partial charge is 0.463 e. The summed E-state index contributed by atoms with van der Waals surface area (Å²) in [5.74, 6) is -0.977. The second kappa shape index (κ2) is 14.0. The van der Waals surface area contributed by atoms with E-state index >= 15 is 0 Å². The molecular formula is C32H34N4O6. The molecule has 0 fully saturated rings. The highest BCUT2D eigenvalue weighted by atomic mass is 16.5. The van der Waals surface area contributed by atoms with Gasteiger partial charge in [0.1, 0.15) is 0 Å². The van der Waals surface area contributed by atoms with Crippen molar-refractivity contribution in [3.05, 3.63) is 101 Å². The van der Waals surface area contributed by atoms with E-state index in [1.165, 1.54) is 0 Å². The van der Waals surface area contributed by atoms with Crippen LogP contribution in [-0.2, 0) is 14.3 Å². The Morgan fingerprint density at radius 3 is 2.14 bits per heavy atom. The van der Waals surface area contributed by atoms with Crippen LogP contribution in [0.4, 0.5) is 21.0 Å². The lowest BCUT2D eigenvalue weighted by atomic mass is 9.91. The van der Waals surface area contributed by atoms with E-state index in [2.05, 4.69) is 16.0 Å². The highest BCUT2D eigenvalue weighted by molar-refractivity contribution is 6.05. The summed E-state index contributed by atoms with van der Waals surface area (Å²) >= 11 is 0. The lowest BCUT2D eigenvalue weighted by Gasteiger charge is -2.37. The van der Waals surface area contributed by atoms with Gasteiger partial charge in [0.25, 0.3) is 0 Å². The van der Waals surface area contributed by atoms with E-state index in [4.69, 9.17) is 9.47 Å². The van der Waals surface area contributed by atoms with Crippen molar-refractivity contribution in [2.24, 2.45) is 0 Å². The van der Waals surface area contributed by atoms with Crippen molar-refractivity contribution in [1.29, 1.82) is 0 Å². The number of esters is 2. The smallest absolute Gasteiger partial charge is 0.338 e. The molecule has 1 aliphatic heterocycles. The van der Waals surface area contributed by atoms with Crippen molar-refractivity contribution in [3.8, 4) is 0 Å². The van der Waals surface area contributed by atoms with Crippen LogP contribution in [0, 0.1) is 0 Å². The predicted octanol–water partition coefficient (Wildman–Crippen LogP) is 5.96. The number of amides is 4. The maximum Gasteiger partial charge on any atom is 0.338 e. The topological polar surface area (TPSA) is 126 Å². The fraction of sp³-hybridized carbons (Fsp3) is 0.250. The SMILES string of the molecule is CCCN1C(=O)NC(c2cccc(NC(=O)Nc3ccc(C(=O)OCC)cc3)c2)C(C(=O)OCC)=C1c1ccccc1. The fourth-order valence-corrected chi connectivity index (χ4v) is 4.67. The number of ether oxygens (including phenoxy) is 2. The number of rotatable bonds is 10. The van der Waals surface area contributed by atoms with Crippen molar-refractivity contribution < 1.29 is 28.7 Å². The molecule has 0 aromatic heterocycles. The molecule has 0 saturated heterocycles. The summed E-state index contributed by atoms with van der Waals surface area (Å²) in [7, 11) is 0. The maximum atomic E-state index is 13.4. The quantitative estimate of drug-likeness (QED) is 0.258. The first-order chi connectivity index (χ1) is 20.4. The Morgan fingerprint density at radius 1 is 0.810 bits per heavy atom. The second-order valence-corrected chi connectivity index (χ2v) is 9.39. The molecule has 4 amide bonds. The summed E-state index contributed by atoms with van der Waals surface area (Å²) < 4.78 is 10.4. The Kier molecular flexibility index (Phi) is 9.94. The molecule has 4 rings (SSSR count). The van der Waals surface area contributed by atoms with Crippen molar-refractivity contribution in [1.82, 2.24) is 10.2 Å². The standard InChI is InChI=1S/C32H34N4O6/c1-4-19-36-28(21-11-8-7-9-12-21)26(30(38)42-6-3)27(35-32(36)40)23-13-10-14-25(20-23)34-31(39)33-24-17-15-22(16-18-24)29(37)41-5-2/h7-18,20,27H,4-6,19H2,1-3H3,(H,35,40)(H2,33,34,39). The van der Waals surface area contributed by atoms with Gasteiger partial charge in [-0.2, -0.15) is 0 Å². The molecule has 3 aromatic rings. The third kappa shape index (κ3) is 6.95. The Hall–Kier alpha value is -5.12. The molecule has 0 aliphatic carbocycles. The Morgan fingerprint density at radius 2 is 1.48 bits per heavy atom. The van der Waals surface area contributed by atoms with E-state index in [1.54, 1.807) is 67.3 Å². The van der Waals surface area contributed by atoms with Crippen molar-refractivity contribution in [3.63, 3.8) is 0 Å². The molecule has 10 heteroatoms. The number of urea groups is 2. The number of hydrogen-bond acceptors (Lipinski definition) is 6. The van der Waals surface area contributed by atoms with Gasteiger partial charge in [-0.15, -0.1) is 0 Å². The van der Waals surface area contributed by atoms with Gasteiger partial charge in [-0.3, -0.25) is 4.90 Å². The van der Waals surface area contributed by atoms with E-state index in [9.17, 15) is 19.2 Å². The number of carbonyl (C=O) groups is 4. The van der Waals surface area contributed by atoms with Gasteiger partial charge in [0.2, 0.25) is 0 Å². The molecule has 1 heterocycles. The van der Waals surface area contributed by atoms with Crippen LogP contribution >= 0.6 is 0 Å². The molecule has 3 N–H and O–H groups in total. The Labute approximate surface area is 244 Å². The van der Waals surface area contributed by atoms with Crippen molar-refractivity contribution >= 4 is 41.1 Å². The summed E-state index contributed by atoms with van der Waals surface area (Å²) in [5.41, 5.74) is 3.41. The normalized spacial score (nSPS) is 14.6. The summed E-state index contributed by atoms with van der Waals surface area (Å²) in [5, 5.41) is 8.47. The van der Waals surface area contributed by atoms with Crippen LogP contribution < -0.4 is 16.0 Å². The zero-order valence-electron chi connectivity index (χ0n) is 23.8. The Balaban J connectivity index is 1.63. The number of nitrogens with one attached hydrogen (secondary N) is 3. The molecule has 42 heavy (non-hydrogen) atoms. The molecule has 0 saturated carbocycles.